The van der Waals surface area contributed by atoms with Crippen LogP contribution in [0.15, 0.2) is 6.07 Å². The van der Waals surface area contributed by atoms with Gasteiger partial charge in [-0.2, -0.15) is 0 Å². The van der Waals surface area contributed by atoms with Crippen molar-refractivity contribution in [1.82, 2.24) is 15.3 Å². The minimum absolute atomic E-state index is 0.0788. The van der Waals surface area contributed by atoms with Gasteiger partial charge >= 0.3 is 0 Å². The van der Waals surface area contributed by atoms with E-state index in [0.717, 1.165) is 5.69 Å². The van der Waals surface area contributed by atoms with Crippen molar-refractivity contribution in [3.63, 3.8) is 0 Å². The summed E-state index contributed by atoms with van der Waals surface area (Å²) >= 11 is 5.66. The first kappa shape index (κ1) is 11.7. The van der Waals surface area contributed by atoms with Crippen molar-refractivity contribution in [1.29, 1.82) is 0 Å². The van der Waals surface area contributed by atoms with Gasteiger partial charge in [-0.1, -0.05) is 0 Å². The highest BCUT2D eigenvalue weighted by atomic mass is 35.5. The van der Waals surface area contributed by atoms with E-state index in [1.165, 1.54) is 0 Å². The summed E-state index contributed by atoms with van der Waals surface area (Å²) in [6, 6.07) is 1.73. The average molecular weight is 229 g/mol. The van der Waals surface area contributed by atoms with Crippen molar-refractivity contribution in [2.24, 2.45) is 0 Å². The Kier molecular flexibility index (Phi) is 4.30. The zero-order valence-electron chi connectivity index (χ0n) is 8.67. The topological polar surface area (TPSA) is 66.9 Å². The van der Waals surface area contributed by atoms with Gasteiger partial charge in [0.25, 0.3) is 0 Å². The third kappa shape index (κ3) is 4.12. The summed E-state index contributed by atoms with van der Waals surface area (Å²) in [5, 5.41) is 5.70. The second kappa shape index (κ2) is 5.50. The lowest BCUT2D eigenvalue weighted by molar-refractivity contribution is -0.119. The van der Waals surface area contributed by atoms with Crippen molar-refractivity contribution in [3.8, 4) is 0 Å². The van der Waals surface area contributed by atoms with E-state index in [2.05, 4.69) is 20.6 Å². The van der Waals surface area contributed by atoms with Gasteiger partial charge in [-0.15, -0.1) is 0 Å². The highest BCUT2D eigenvalue weighted by molar-refractivity contribution is 6.28. The van der Waals surface area contributed by atoms with Gasteiger partial charge in [-0.05, 0) is 25.4 Å². The molecular weight excluding hydrogens is 216 g/mol. The minimum atomic E-state index is -0.0788. The Bertz CT molecular complexity index is 336. The van der Waals surface area contributed by atoms with Crippen LogP contribution in [0.25, 0.3) is 0 Å². The lowest BCUT2D eigenvalue weighted by Gasteiger charge is -2.06. The molecule has 0 saturated carbocycles. The molecule has 6 heteroatoms. The van der Waals surface area contributed by atoms with Gasteiger partial charge in [-0.25, -0.2) is 9.97 Å². The number of anilines is 1. The van der Waals surface area contributed by atoms with Crippen LogP contribution in [-0.2, 0) is 4.79 Å². The van der Waals surface area contributed by atoms with Gasteiger partial charge < -0.3 is 10.6 Å². The molecule has 15 heavy (non-hydrogen) atoms. The van der Waals surface area contributed by atoms with E-state index in [4.69, 9.17) is 11.6 Å². The number of nitrogens with one attached hydrogen (secondary N) is 2. The van der Waals surface area contributed by atoms with Crippen LogP contribution in [0, 0.1) is 6.92 Å². The van der Waals surface area contributed by atoms with Gasteiger partial charge in [0, 0.05) is 18.3 Å². The molecule has 1 aromatic rings. The zero-order valence-corrected chi connectivity index (χ0v) is 9.43. The maximum absolute atomic E-state index is 11.1. The number of hydrogen-bond donors (Lipinski definition) is 2. The van der Waals surface area contributed by atoms with E-state index < -0.39 is 0 Å². The van der Waals surface area contributed by atoms with Crippen LogP contribution < -0.4 is 10.6 Å². The third-order valence-electron chi connectivity index (χ3n) is 1.63. The van der Waals surface area contributed by atoms with Crippen molar-refractivity contribution in [2.75, 3.05) is 18.4 Å². The van der Waals surface area contributed by atoms with E-state index in [0.29, 0.717) is 12.4 Å². The zero-order chi connectivity index (χ0) is 11.3. The molecule has 5 nitrogen and oxygen atoms in total. The Balaban J connectivity index is 2.54. The highest BCUT2D eigenvalue weighted by Gasteiger charge is 2.02. The molecule has 0 saturated heterocycles. The van der Waals surface area contributed by atoms with Crippen LogP contribution in [-0.4, -0.2) is 29.0 Å². The fraction of sp³-hybridized carbons (Fsp3) is 0.444. The summed E-state index contributed by atoms with van der Waals surface area (Å²) in [7, 11) is 0. The van der Waals surface area contributed by atoms with E-state index in [-0.39, 0.29) is 17.7 Å². The number of hydrogen-bond acceptors (Lipinski definition) is 4. The Labute approximate surface area is 93.3 Å². The van der Waals surface area contributed by atoms with Crippen LogP contribution in [0.3, 0.4) is 0 Å². The lowest BCUT2D eigenvalue weighted by Crippen LogP contribution is -2.29. The van der Waals surface area contributed by atoms with Gasteiger partial charge in [0.1, 0.15) is 5.82 Å². The number of rotatable bonds is 4. The molecule has 0 aliphatic carbocycles. The molecule has 0 bridgehead atoms. The SMILES string of the molecule is CCNC(=O)CNc1cc(C)nc(Cl)n1. The molecule has 0 fully saturated rings. The molecule has 82 valence electrons. The first-order valence-electron chi connectivity index (χ1n) is 4.63. The fourth-order valence-electron chi connectivity index (χ4n) is 1.05. The summed E-state index contributed by atoms with van der Waals surface area (Å²) in [6.07, 6.45) is 0. The second-order valence-corrected chi connectivity index (χ2v) is 3.31. The average Bonchev–Trinajstić information content (AvgIpc) is 2.14. The van der Waals surface area contributed by atoms with Crippen LogP contribution in [0.2, 0.25) is 5.28 Å². The predicted octanol–water partition coefficient (Wildman–Crippen LogP) is 0.986. The van der Waals surface area contributed by atoms with E-state index in [9.17, 15) is 4.79 Å². The Morgan fingerprint density at radius 3 is 2.87 bits per heavy atom. The number of nitrogens with zero attached hydrogens (tertiary/aromatic N) is 2. The first-order chi connectivity index (χ1) is 7.11. The molecule has 0 unspecified atom stereocenters. The van der Waals surface area contributed by atoms with Gasteiger partial charge in [0.15, 0.2) is 0 Å². The van der Waals surface area contributed by atoms with E-state index in [1.54, 1.807) is 6.07 Å². The maximum atomic E-state index is 11.1. The minimum Gasteiger partial charge on any atom is -0.361 e. The molecule has 0 aliphatic rings. The first-order valence-corrected chi connectivity index (χ1v) is 5.01. The van der Waals surface area contributed by atoms with Gasteiger partial charge in [-0.3, -0.25) is 4.79 Å². The molecule has 2 N–H and O–H groups in total. The van der Waals surface area contributed by atoms with Crippen molar-refractivity contribution in [3.05, 3.63) is 17.0 Å². The molecule has 1 rings (SSSR count). The van der Waals surface area contributed by atoms with Crippen LogP contribution in [0.1, 0.15) is 12.6 Å². The number of halogens is 1. The van der Waals surface area contributed by atoms with Crippen molar-refractivity contribution < 1.29 is 4.79 Å². The monoisotopic (exact) mass is 228 g/mol. The Morgan fingerprint density at radius 2 is 2.27 bits per heavy atom. The van der Waals surface area contributed by atoms with Crippen molar-refractivity contribution in [2.45, 2.75) is 13.8 Å². The predicted molar refractivity (Wildman–Crippen MR) is 59.0 cm³/mol. The van der Waals surface area contributed by atoms with E-state index in [1.807, 2.05) is 13.8 Å². The molecular formula is C9H13ClN4O. The van der Waals surface area contributed by atoms with E-state index >= 15 is 0 Å². The number of carbonyl (C=O) groups excluding carboxylic acids is 1. The van der Waals surface area contributed by atoms with Crippen molar-refractivity contribution >= 4 is 23.3 Å². The molecule has 0 aliphatic heterocycles. The lowest BCUT2D eigenvalue weighted by atomic mass is 10.4. The number of carbonyl (C=O) groups is 1. The quantitative estimate of drug-likeness (QED) is 0.755. The third-order valence-corrected chi connectivity index (χ3v) is 1.80. The Morgan fingerprint density at radius 1 is 1.53 bits per heavy atom. The second-order valence-electron chi connectivity index (χ2n) is 2.97. The number of aromatic nitrogens is 2. The number of amides is 1. The summed E-state index contributed by atoms with van der Waals surface area (Å²) in [4.78, 5) is 19.0. The summed E-state index contributed by atoms with van der Waals surface area (Å²) < 4.78 is 0. The molecule has 1 aromatic heterocycles. The van der Waals surface area contributed by atoms with Gasteiger partial charge in [0.05, 0.1) is 6.54 Å². The molecule has 0 atom stereocenters. The molecule has 0 spiro atoms. The standard InChI is InChI=1S/C9H13ClN4O/c1-3-11-8(15)5-12-7-4-6(2)13-9(10)14-7/h4H,3,5H2,1-2H3,(H,11,15)(H,12,13,14). The maximum Gasteiger partial charge on any atom is 0.239 e. The molecule has 1 heterocycles. The molecule has 0 aromatic carbocycles. The van der Waals surface area contributed by atoms with Crippen LogP contribution >= 0.6 is 11.6 Å². The summed E-state index contributed by atoms with van der Waals surface area (Å²) in [5.41, 5.74) is 0.758. The largest absolute Gasteiger partial charge is 0.361 e. The van der Waals surface area contributed by atoms with Crippen LogP contribution in [0.4, 0.5) is 5.82 Å². The van der Waals surface area contributed by atoms with Gasteiger partial charge in [0.2, 0.25) is 11.2 Å². The summed E-state index contributed by atoms with van der Waals surface area (Å²) in [6.45, 7) is 4.47. The smallest absolute Gasteiger partial charge is 0.239 e. The molecule has 1 amide bonds. The number of likely N-dealkylation sites (N-methyl/N-ethyl adjacent to an activating group) is 1. The normalized spacial score (nSPS) is 9.80. The Hall–Kier alpha value is -1.36. The highest BCUT2D eigenvalue weighted by Crippen LogP contribution is 2.08. The van der Waals surface area contributed by atoms with Crippen LogP contribution in [0.5, 0.6) is 0 Å². The fourth-order valence-corrected chi connectivity index (χ4v) is 1.28. The summed E-state index contributed by atoms with van der Waals surface area (Å²) in [5.74, 6) is 0.476. The number of aryl methyl sites for hydroxylation is 1. The molecule has 0 radical (unpaired) electrons.